The van der Waals surface area contributed by atoms with Gasteiger partial charge in [-0.3, -0.25) is 10.1 Å². The molecule has 3 aromatic rings. The molecule has 0 aliphatic carbocycles. The van der Waals surface area contributed by atoms with E-state index < -0.39 is 4.92 Å². The lowest BCUT2D eigenvalue weighted by Crippen LogP contribution is -2.04. The maximum atomic E-state index is 11.1. The number of para-hydroxylation sites is 2. The molecule has 21 heavy (non-hydrogen) atoms. The summed E-state index contributed by atoms with van der Waals surface area (Å²) >= 11 is 0. The highest BCUT2D eigenvalue weighted by Gasteiger charge is 2.17. The lowest BCUT2D eigenvalue weighted by Gasteiger charge is -2.04. The maximum absolute atomic E-state index is 11.1. The van der Waals surface area contributed by atoms with Crippen LogP contribution in [0.2, 0.25) is 0 Å². The molecule has 1 heterocycles. The molecule has 1 aromatic heterocycles. The van der Waals surface area contributed by atoms with E-state index in [0.717, 1.165) is 5.56 Å². The van der Waals surface area contributed by atoms with Crippen LogP contribution < -0.4 is 5.73 Å². The SMILES string of the molecule is Nc1cc(-c2ccccc2)nn1-c1ccccc1[N+](=O)[O-]. The summed E-state index contributed by atoms with van der Waals surface area (Å²) in [4.78, 5) is 10.7. The first-order valence-corrected chi connectivity index (χ1v) is 6.31. The molecule has 104 valence electrons. The Balaban J connectivity index is 2.13. The molecular weight excluding hydrogens is 268 g/mol. The number of hydrogen-bond donors (Lipinski definition) is 1. The van der Waals surface area contributed by atoms with Crippen LogP contribution in [0, 0.1) is 10.1 Å². The van der Waals surface area contributed by atoms with Gasteiger partial charge in [-0.25, -0.2) is 4.68 Å². The quantitative estimate of drug-likeness (QED) is 0.590. The third-order valence-electron chi connectivity index (χ3n) is 3.11. The van der Waals surface area contributed by atoms with Crippen LogP contribution in [0.25, 0.3) is 16.9 Å². The summed E-state index contributed by atoms with van der Waals surface area (Å²) < 4.78 is 1.39. The number of nitrogen functional groups attached to an aromatic ring is 1. The third-order valence-corrected chi connectivity index (χ3v) is 3.11. The molecule has 0 atom stereocenters. The van der Waals surface area contributed by atoms with Crippen molar-refractivity contribution in [1.29, 1.82) is 0 Å². The summed E-state index contributed by atoms with van der Waals surface area (Å²) in [5.41, 5.74) is 7.85. The Morgan fingerprint density at radius 2 is 1.71 bits per heavy atom. The van der Waals surface area contributed by atoms with E-state index in [2.05, 4.69) is 5.10 Å². The van der Waals surface area contributed by atoms with Gasteiger partial charge in [0.25, 0.3) is 5.69 Å². The molecule has 0 fully saturated rings. The van der Waals surface area contributed by atoms with Gasteiger partial charge in [-0.05, 0) is 6.07 Å². The molecule has 0 aliphatic rings. The molecule has 2 N–H and O–H groups in total. The van der Waals surface area contributed by atoms with Gasteiger partial charge in [0.1, 0.15) is 11.5 Å². The summed E-state index contributed by atoms with van der Waals surface area (Å²) in [6.45, 7) is 0. The first kappa shape index (κ1) is 12.9. The minimum Gasteiger partial charge on any atom is -0.384 e. The third kappa shape index (κ3) is 2.34. The van der Waals surface area contributed by atoms with Crippen molar-refractivity contribution in [3.63, 3.8) is 0 Å². The largest absolute Gasteiger partial charge is 0.384 e. The summed E-state index contributed by atoms with van der Waals surface area (Å²) in [7, 11) is 0. The minimum absolute atomic E-state index is 0.0353. The van der Waals surface area contributed by atoms with Crippen LogP contribution in [-0.2, 0) is 0 Å². The molecule has 0 bridgehead atoms. The lowest BCUT2D eigenvalue weighted by atomic mass is 10.2. The van der Waals surface area contributed by atoms with E-state index in [0.29, 0.717) is 17.2 Å². The number of nitrogens with zero attached hydrogens (tertiary/aromatic N) is 3. The average molecular weight is 280 g/mol. The van der Waals surface area contributed by atoms with Crippen molar-refractivity contribution in [2.24, 2.45) is 0 Å². The lowest BCUT2D eigenvalue weighted by molar-refractivity contribution is -0.384. The predicted octanol–water partition coefficient (Wildman–Crippen LogP) is 3.03. The Labute approximate surface area is 120 Å². The smallest absolute Gasteiger partial charge is 0.294 e. The molecule has 0 aliphatic heterocycles. The van der Waals surface area contributed by atoms with E-state index in [1.54, 1.807) is 24.3 Å². The van der Waals surface area contributed by atoms with E-state index in [1.807, 2.05) is 30.3 Å². The highest BCUT2D eigenvalue weighted by molar-refractivity contribution is 5.65. The number of nitro benzene ring substituents is 1. The van der Waals surface area contributed by atoms with Gasteiger partial charge in [-0.1, -0.05) is 42.5 Å². The normalized spacial score (nSPS) is 10.5. The van der Waals surface area contributed by atoms with Gasteiger partial charge in [0, 0.05) is 17.7 Å². The molecule has 3 rings (SSSR count). The van der Waals surface area contributed by atoms with Gasteiger partial charge in [-0.2, -0.15) is 5.10 Å². The number of rotatable bonds is 3. The van der Waals surface area contributed by atoms with Gasteiger partial charge in [0.15, 0.2) is 0 Å². The summed E-state index contributed by atoms with van der Waals surface area (Å²) in [6, 6.07) is 17.6. The topological polar surface area (TPSA) is 87.0 Å². The maximum Gasteiger partial charge on any atom is 0.294 e. The van der Waals surface area contributed by atoms with E-state index in [-0.39, 0.29) is 5.69 Å². The van der Waals surface area contributed by atoms with Crippen molar-refractivity contribution >= 4 is 11.5 Å². The van der Waals surface area contributed by atoms with Crippen molar-refractivity contribution in [3.05, 3.63) is 70.8 Å². The highest BCUT2D eigenvalue weighted by atomic mass is 16.6. The standard InChI is InChI=1S/C15H12N4O2/c16-15-10-12(11-6-2-1-3-7-11)17-18(15)13-8-4-5-9-14(13)19(20)21/h1-10H,16H2. The number of hydrogen-bond acceptors (Lipinski definition) is 4. The Bertz CT molecular complexity index is 796. The van der Waals surface area contributed by atoms with Gasteiger partial charge < -0.3 is 5.73 Å². The summed E-state index contributed by atoms with van der Waals surface area (Å²) in [6.07, 6.45) is 0. The minimum atomic E-state index is -0.446. The Morgan fingerprint density at radius 3 is 2.43 bits per heavy atom. The fourth-order valence-electron chi connectivity index (χ4n) is 2.14. The predicted molar refractivity (Wildman–Crippen MR) is 80.1 cm³/mol. The Morgan fingerprint density at radius 1 is 1.05 bits per heavy atom. The molecule has 0 amide bonds. The van der Waals surface area contributed by atoms with Crippen molar-refractivity contribution in [2.45, 2.75) is 0 Å². The van der Waals surface area contributed by atoms with Gasteiger partial charge >= 0.3 is 0 Å². The Kier molecular flexibility index (Phi) is 3.12. The van der Waals surface area contributed by atoms with E-state index in [1.165, 1.54) is 10.7 Å². The molecule has 6 heteroatoms. The van der Waals surface area contributed by atoms with Crippen LogP contribution in [0.15, 0.2) is 60.7 Å². The molecule has 0 saturated heterocycles. The fraction of sp³-hybridized carbons (Fsp3) is 0. The monoisotopic (exact) mass is 280 g/mol. The van der Waals surface area contributed by atoms with Crippen molar-refractivity contribution in [1.82, 2.24) is 9.78 Å². The summed E-state index contributed by atoms with van der Waals surface area (Å²) in [5.74, 6) is 0.350. The zero-order valence-electron chi connectivity index (χ0n) is 11.0. The average Bonchev–Trinajstić information content (AvgIpc) is 2.90. The zero-order valence-corrected chi connectivity index (χ0v) is 11.0. The van der Waals surface area contributed by atoms with Gasteiger partial charge in [-0.15, -0.1) is 0 Å². The molecular formula is C15H12N4O2. The van der Waals surface area contributed by atoms with Crippen LogP contribution in [0.4, 0.5) is 11.5 Å². The van der Waals surface area contributed by atoms with Crippen LogP contribution in [0.5, 0.6) is 0 Å². The van der Waals surface area contributed by atoms with Gasteiger partial charge in [0.2, 0.25) is 0 Å². The van der Waals surface area contributed by atoms with E-state index in [4.69, 9.17) is 5.73 Å². The van der Waals surface area contributed by atoms with Crippen molar-refractivity contribution in [2.75, 3.05) is 5.73 Å². The zero-order chi connectivity index (χ0) is 14.8. The molecule has 0 radical (unpaired) electrons. The number of nitrogens with two attached hydrogens (primary N) is 1. The first-order chi connectivity index (χ1) is 10.2. The fourth-order valence-corrected chi connectivity index (χ4v) is 2.14. The van der Waals surface area contributed by atoms with Crippen LogP contribution >= 0.6 is 0 Å². The second-order valence-electron chi connectivity index (χ2n) is 4.48. The Hall–Kier alpha value is -3.15. The van der Waals surface area contributed by atoms with Crippen LogP contribution in [0.3, 0.4) is 0 Å². The molecule has 2 aromatic carbocycles. The van der Waals surface area contributed by atoms with Crippen molar-refractivity contribution < 1.29 is 4.92 Å². The van der Waals surface area contributed by atoms with E-state index in [9.17, 15) is 10.1 Å². The molecule has 6 nitrogen and oxygen atoms in total. The van der Waals surface area contributed by atoms with Crippen LogP contribution in [0.1, 0.15) is 0 Å². The second kappa shape index (κ2) is 5.09. The van der Waals surface area contributed by atoms with E-state index >= 15 is 0 Å². The molecule has 0 spiro atoms. The van der Waals surface area contributed by atoms with Gasteiger partial charge in [0.05, 0.1) is 10.6 Å². The second-order valence-corrected chi connectivity index (χ2v) is 4.48. The van der Waals surface area contributed by atoms with Crippen molar-refractivity contribution in [3.8, 4) is 16.9 Å². The van der Waals surface area contributed by atoms with Crippen LogP contribution in [-0.4, -0.2) is 14.7 Å². The highest BCUT2D eigenvalue weighted by Crippen LogP contribution is 2.27. The number of nitro groups is 1. The summed E-state index contributed by atoms with van der Waals surface area (Å²) in [5, 5.41) is 15.5. The molecule has 0 saturated carbocycles. The first-order valence-electron chi connectivity index (χ1n) is 6.31. The number of benzene rings is 2. The number of anilines is 1. The number of aromatic nitrogens is 2. The molecule has 0 unspecified atom stereocenters.